The lowest BCUT2D eigenvalue weighted by molar-refractivity contribution is -0.0899. The van der Waals surface area contributed by atoms with E-state index in [1.165, 1.54) is 25.7 Å². The minimum atomic E-state index is 0.425. The summed E-state index contributed by atoms with van der Waals surface area (Å²) in [5, 5.41) is 0. The van der Waals surface area contributed by atoms with Gasteiger partial charge in [-0.3, -0.25) is 4.90 Å². The van der Waals surface area contributed by atoms with Crippen LogP contribution in [0.4, 0.5) is 0 Å². The lowest BCUT2D eigenvalue weighted by Gasteiger charge is -2.59. The van der Waals surface area contributed by atoms with Gasteiger partial charge in [-0.25, -0.2) is 0 Å². The van der Waals surface area contributed by atoms with Gasteiger partial charge in [-0.2, -0.15) is 0 Å². The van der Waals surface area contributed by atoms with Gasteiger partial charge in [0, 0.05) is 17.6 Å². The number of nitrogens with zero attached hydrogens (tertiary/aromatic N) is 1. The summed E-state index contributed by atoms with van der Waals surface area (Å²) in [5.41, 5.74) is 0.425. The van der Waals surface area contributed by atoms with Crippen LogP contribution in [0.1, 0.15) is 46.5 Å². The maximum atomic E-state index is 2.72. The SMILES string of the molecule is CC(C)(C)N1C2CCCC1C2. The molecule has 11 heavy (non-hydrogen) atoms. The standard InChI is InChI=1S/C10H19N/c1-10(2,3)11-8-5-4-6-9(11)7-8/h8-9H,4-7H2,1-3H3. The Bertz CT molecular complexity index is 143. The van der Waals surface area contributed by atoms with Gasteiger partial charge in [0.2, 0.25) is 0 Å². The van der Waals surface area contributed by atoms with E-state index in [0.29, 0.717) is 5.54 Å². The van der Waals surface area contributed by atoms with E-state index in [9.17, 15) is 0 Å². The third-order valence-electron chi connectivity index (χ3n) is 3.18. The molecule has 2 aliphatic heterocycles. The molecule has 2 saturated heterocycles. The van der Waals surface area contributed by atoms with E-state index in [1.807, 2.05) is 0 Å². The molecule has 0 spiro atoms. The summed E-state index contributed by atoms with van der Waals surface area (Å²) < 4.78 is 0. The summed E-state index contributed by atoms with van der Waals surface area (Å²) >= 11 is 0. The molecule has 0 aromatic heterocycles. The van der Waals surface area contributed by atoms with Crippen molar-refractivity contribution in [3.05, 3.63) is 0 Å². The molecule has 1 heteroatoms. The van der Waals surface area contributed by atoms with E-state index in [-0.39, 0.29) is 0 Å². The highest BCUT2D eigenvalue weighted by molar-refractivity contribution is 5.01. The Kier molecular flexibility index (Phi) is 1.54. The topological polar surface area (TPSA) is 3.24 Å². The van der Waals surface area contributed by atoms with E-state index >= 15 is 0 Å². The van der Waals surface area contributed by atoms with Gasteiger partial charge in [0.1, 0.15) is 0 Å². The van der Waals surface area contributed by atoms with Crippen molar-refractivity contribution in [2.24, 2.45) is 0 Å². The van der Waals surface area contributed by atoms with Crippen molar-refractivity contribution in [2.75, 3.05) is 0 Å². The van der Waals surface area contributed by atoms with E-state index in [1.54, 1.807) is 0 Å². The molecule has 2 heterocycles. The molecule has 2 unspecified atom stereocenters. The Morgan fingerprint density at radius 1 is 1.09 bits per heavy atom. The second kappa shape index (κ2) is 2.22. The van der Waals surface area contributed by atoms with Gasteiger partial charge < -0.3 is 0 Å². The monoisotopic (exact) mass is 153 g/mol. The first-order valence-corrected chi connectivity index (χ1v) is 4.87. The fourth-order valence-corrected chi connectivity index (χ4v) is 2.90. The third-order valence-corrected chi connectivity index (χ3v) is 3.18. The van der Waals surface area contributed by atoms with Crippen LogP contribution in [0.5, 0.6) is 0 Å². The predicted octanol–water partition coefficient (Wildman–Crippen LogP) is 2.41. The number of hydrogen-bond acceptors (Lipinski definition) is 1. The molecule has 3 fully saturated rings. The molecule has 0 N–H and O–H groups in total. The molecule has 0 aromatic carbocycles. The van der Waals surface area contributed by atoms with Crippen molar-refractivity contribution in [2.45, 2.75) is 64.1 Å². The summed E-state index contributed by atoms with van der Waals surface area (Å²) in [4.78, 5) is 2.72. The maximum absolute atomic E-state index is 2.72. The lowest BCUT2D eigenvalue weighted by Crippen LogP contribution is -2.65. The first kappa shape index (κ1) is 7.60. The number of fused-ring (bicyclic) bond motifs is 2. The normalized spacial score (nSPS) is 38.5. The van der Waals surface area contributed by atoms with Gasteiger partial charge in [-0.15, -0.1) is 0 Å². The van der Waals surface area contributed by atoms with Gasteiger partial charge in [-0.1, -0.05) is 6.42 Å². The number of rotatable bonds is 0. The first-order valence-electron chi connectivity index (χ1n) is 4.87. The van der Waals surface area contributed by atoms with Crippen LogP contribution in [0, 0.1) is 0 Å². The lowest BCUT2D eigenvalue weighted by atomic mass is 9.76. The summed E-state index contributed by atoms with van der Waals surface area (Å²) in [7, 11) is 0. The molecule has 0 aromatic rings. The van der Waals surface area contributed by atoms with Crippen molar-refractivity contribution < 1.29 is 0 Å². The Balaban J connectivity index is 2.06. The molecule has 2 atom stereocenters. The highest BCUT2D eigenvalue weighted by Crippen LogP contribution is 2.42. The molecule has 0 amide bonds. The summed E-state index contributed by atoms with van der Waals surface area (Å²) in [6, 6.07) is 1.88. The van der Waals surface area contributed by atoms with E-state index in [2.05, 4.69) is 25.7 Å². The smallest absolute Gasteiger partial charge is 0.0130 e. The fraction of sp³-hybridized carbons (Fsp3) is 1.00. The van der Waals surface area contributed by atoms with Crippen LogP contribution >= 0.6 is 0 Å². The minimum Gasteiger partial charge on any atom is -0.292 e. The average Bonchev–Trinajstić information content (AvgIpc) is 1.85. The summed E-state index contributed by atoms with van der Waals surface area (Å²) in [5.74, 6) is 0. The van der Waals surface area contributed by atoms with Crippen molar-refractivity contribution in [3.63, 3.8) is 0 Å². The molecular formula is C10H19N. The molecule has 1 aliphatic carbocycles. The van der Waals surface area contributed by atoms with Crippen LogP contribution in [-0.4, -0.2) is 22.5 Å². The summed E-state index contributed by atoms with van der Waals surface area (Å²) in [6.07, 6.45) is 5.86. The summed E-state index contributed by atoms with van der Waals surface area (Å²) in [6.45, 7) is 7.03. The number of piperidine rings is 1. The molecule has 1 saturated carbocycles. The largest absolute Gasteiger partial charge is 0.292 e. The zero-order valence-electron chi connectivity index (χ0n) is 7.93. The van der Waals surface area contributed by atoms with E-state index in [0.717, 1.165) is 12.1 Å². The van der Waals surface area contributed by atoms with Crippen LogP contribution in [-0.2, 0) is 0 Å². The van der Waals surface area contributed by atoms with E-state index < -0.39 is 0 Å². The van der Waals surface area contributed by atoms with Crippen LogP contribution in [0.15, 0.2) is 0 Å². The zero-order valence-corrected chi connectivity index (χ0v) is 7.93. The number of hydrogen-bond donors (Lipinski definition) is 0. The Morgan fingerprint density at radius 3 is 1.91 bits per heavy atom. The molecule has 2 bridgehead atoms. The van der Waals surface area contributed by atoms with Gasteiger partial charge in [0.05, 0.1) is 0 Å². The van der Waals surface area contributed by atoms with Gasteiger partial charge in [-0.05, 0) is 40.0 Å². The van der Waals surface area contributed by atoms with Crippen molar-refractivity contribution in [3.8, 4) is 0 Å². The second-order valence-corrected chi connectivity index (χ2v) is 5.05. The van der Waals surface area contributed by atoms with Crippen molar-refractivity contribution >= 4 is 0 Å². The maximum Gasteiger partial charge on any atom is 0.0130 e. The molecule has 3 rings (SSSR count). The van der Waals surface area contributed by atoms with Crippen LogP contribution < -0.4 is 0 Å². The highest BCUT2D eigenvalue weighted by atomic mass is 15.3. The predicted molar refractivity (Wildman–Crippen MR) is 47.6 cm³/mol. The fourth-order valence-electron chi connectivity index (χ4n) is 2.90. The van der Waals surface area contributed by atoms with Gasteiger partial charge in [0.25, 0.3) is 0 Å². The van der Waals surface area contributed by atoms with Crippen LogP contribution in [0.25, 0.3) is 0 Å². The second-order valence-electron chi connectivity index (χ2n) is 5.05. The average molecular weight is 153 g/mol. The van der Waals surface area contributed by atoms with E-state index in [4.69, 9.17) is 0 Å². The third kappa shape index (κ3) is 1.10. The van der Waals surface area contributed by atoms with Crippen LogP contribution in [0.2, 0.25) is 0 Å². The van der Waals surface area contributed by atoms with Gasteiger partial charge >= 0.3 is 0 Å². The first-order chi connectivity index (χ1) is 5.09. The Morgan fingerprint density at radius 2 is 1.64 bits per heavy atom. The molecule has 3 aliphatic rings. The quantitative estimate of drug-likeness (QED) is 0.516. The zero-order chi connectivity index (χ0) is 8.06. The molecule has 64 valence electrons. The van der Waals surface area contributed by atoms with Crippen molar-refractivity contribution in [1.29, 1.82) is 0 Å². The highest BCUT2D eigenvalue weighted by Gasteiger charge is 2.46. The van der Waals surface area contributed by atoms with Gasteiger partial charge in [0.15, 0.2) is 0 Å². The van der Waals surface area contributed by atoms with Crippen molar-refractivity contribution in [1.82, 2.24) is 4.90 Å². The molecular weight excluding hydrogens is 134 g/mol. The Labute approximate surface area is 69.8 Å². The molecule has 1 nitrogen and oxygen atoms in total. The Hall–Kier alpha value is -0.0400. The molecule has 0 radical (unpaired) electrons. The van der Waals surface area contributed by atoms with Crippen LogP contribution in [0.3, 0.4) is 0 Å². The minimum absolute atomic E-state index is 0.425.